The van der Waals surface area contributed by atoms with Crippen LogP contribution >= 0.6 is 12.2 Å². The van der Waals surface area contributed by atoms with Crippen molar-refractivity contribution < 1.29 is 4.74 Å². The monoisotopic (exact) mass is 468 g/mol. The molecule has 2 atom stereocenters. The van der Waals surface area contributed by atoms with E-state index >= 15 is 0 Å². The first-order valence-corrected chi connectivity index (χ1v) is 11.8. The van der Waals surface area contributed by atoms with E-state index in [2.05, 4.69) is 64.9 Å². The third kappa shape index (κ3) is 3.94. The van der Waals surface area contributed by atoms with Crippen LogP contribution in [0, 0.1) is 20.8 Å². The van der Waals surface area contributed by atoms with E-state index in [-0.39, 0.29) is 12.1 Å². The van der Waals surface area contributed by atoms with Crippen LogP contribution in [-0.4, -0.2) is 14.7 Å². The number of hydrogen-bond acceptors (Lipinski definition) is 3. The molecule has 5 rings (SSSR count). The highest BCUT2D eigenvalue weighted by atomic mass is 32.1. The smallest absolute Gasteiger partial charge is 0.174 e. The summed E-state index contributed by atoms with van der Waals surface area (Å²) in [7, 11) is 2.10. The van der Waals surface area contributed by atoms with Gasteiger partial charge >= 0.3 is 0 Å². The van der Waals surface area contributed by atoms with Crippen molar-refractivity contribution in [2.75, 3.05) is 4.90 Å². The summed E-state index contributed by atoms with van der Waals surface area (Å²) in [5.41, 5.74) is 6.76. The molecule has 1 N–H and O–H groups in total. The van der Waals surface area contributed by atoms with E-state index in [1.54, 1.807) is 0 Å². The molecular weight excluding hydrogens is 440 g/mol. The molecule has 0 spiro atoms. The van der Waals surface area contributed by atoms with Gasteiger partial charge in [-0.15, -0.1) is 0 Å². The summed E-state index contributed by atoms with van der Waals surface area (Å²) in [4.78, 5) is 6.85. The molecule has 0 bridgehead atoms. The Labute approximate surface area is 206 Å². The second kappa shape index (κ2) is 8.95. The molecule has 1 fully saturated rings. The normalized spacial score (nSPS) is 17.6. The van der Waals surface area contributed by atoms with Gasteiger partial charge in [0.2, 0.25) is 0 Å². The van der Waals surface area contributed by atoms with Crippen LogP contribution in [-0.2, 0) is 7.05 Å². The second-order valence-electron chi connectivity index (χ2n) is 8.74. The third-order valence-electron chi connectivity index (χ3n) is 6.67. The van der Waals surface area contributed by atoms with Gasteiger partial charge < -0.3 is 19.5 Å². The number of ether oxygens (including phenoxy) is 1. The van der Waals surface area contributed by atoms with Gasteiger partial charge in [-0.05, 0) is 92.6 Å². The Balaban J connectivity index is 1.53. The Morgan fingerprint density at radius 3 is 2.32 bits per heavy atom. The minimum absolute atomic E-state index is 0.0227. The van der Waals surface area contributed by atoms with Gasteiger partial charge in [-0.1, -0.05) is 24.3 Å². The Bertz CT molecular complexity index is 1330. The quantitative estimate of drug-likeness (QED) is 0.348. The zero-order valence-electron chi connectivity index (χ0n) is 19.8. The zero-order valence-corrected chi connectivity index (χ0v) is 20.6. The molecule has 0 unspecified atom stereocenters. The molecule has 0 radical (unpaired) electrons. The number of aryl methyl sites for hydroxylation is 2. The fourth-order valence-electron chi connectivity index (χ4n) is 4.61. The molecule has 3 heterocycles. The fraction of sp³-hybridized carbons (Fsp3) is 0.214. The largest absolute Gasteiger partial charge is 0.457 e. The van der Waals surface area contributed by atoms with Crippen molar-refractivity contribution in [3.8, 4) is 11.5 Å². The molecule has 1 aliphatic heterocycles. The van der Waals surface area contributed by atoms with Crippen LogP contribution in [0.15, 0.2) is 79.0 Å². The number of thiocarbonyl (C=S) groups is 1. The molecule has 6 heteroatoms. The average molecular weight is 469 g/mol. The molecule has 172 valence electrons. The van der Waals surface area contributed by atoms with E-state index < -0.39 is 0 Å². The molecule has 2 aromatic carbocycles. The average Bonchev–Trinajstić information content (AvgIpc) is 3.32. The summed E-state index contributed by atoms with van der Waals surface area (Å²) >= 11 is 5.86. The Morgan fingerprint density at radius 2 is 1.68 bits per heavy atom. The van der Waals surface area contributed by atoms with Crippen molar-refractivity contribution >= 4 is 23.0 Å². The van der Waals surface area contributed by atoms with Gasteiger partial charge in [0.05, 0.1) is 17.8 Å². The highest BCUT2D eigenvalue weighted by molar-refractivity contribution is 7.80. The van der Waals surface area contributed by atoms with Crippen molar-refractivity contribution in [2.45, 2.75) is 32.9 Å². The summed E-state index contributed by atoms with van der Waals surface area (Å²) in [6.45, 7) is 6.34. The van der Waals surface area contributed by atoms with Crippen molar-refractivity contribution in [3.05, 3.63) is 107 Å². The highest BCUT2D eigenvalue weighted by Crippen LogP contribution is 2.43. The number of para-hydroxylation sites is 1. The lowest BCUT2D eigenvalue weighted by molar-refractivity contribution is 0.479. The molecule has 1 saturated heterocycles. The van der Waals surface area contributed by atoms with Crippen molar-refractivity contribution in [3.63, 3.8) is 0 Å². The SMILES string of the molecule is Cc1ccccc1Oc1ccc(N2C(=S)N[C@H](c3ccccn3)[C@H]2c2cc(C)n(C)c2C)cc1. The number of nitrogens with zero attached hydrogens (tertiary/aromatic N) is 3. The van der Waals surface area contributed by atoms with Crippen LogP contribution in [0.3, 0.4) is 0 Å². The van der Waals surface area contributed by atoms with Crippen molar-refractivity contribution in [1.82, 2.24) is 14.9 Å². The first kappa shape index (κ1) is 22.2. The summed E-state index contributed by atoms with van der Waals surface area (Å²) in [5.74, 6) is 1.65. The number of aromatic nitrogens is 2. The molecule has 34 heavy (non-hydrogen) atoms. The van der Waals surface area contributed by atoms with Gasteiger partial charge in [0, 0.05) is 30.3 Å². The predicted octanol–water partition coefficient (Wildman–Crippen LogP) is 6.31. The van der Waals surface area contributed by atoms with E-state index in [0.717, 1.165) is 28.4 Å². The van der Waals surface area contributed by atoms with Crippen LogP contribution in [0.4, 0.5) is 5.69 Å². The minimum atomic E-state index is -0.0582. The number of pyridine rings is 1. The summed E-state index contributed by atoms with van der Waals surface area (Å²) in [6.07, 6.45) is 1.83. The molecule has 0 amide bonds. The standard InChI is InChI=1S/C28H28N4OS/c1-18-9-5-6-11-25(18)33-22-14-12-21(13-15-22)32-27(23-17-19(2)31(4)20(23)3)26(30-28(32)34)24-10-7-8-16-29-24/h5-17,26-27H,1-4H3,(H,30,34)/t26-,27-/m1/s1. The molecule has 4 aromatic rings. The van der Waals surface area contributed by atoms with Crippen LogP contribution in [0.25, 0.3) is 0 Å². The number of nitrogens with one attached hydrogen (secondary N) is 1. The van der Waals surface area contributed by atoms with E-state index in [4.69, 9.17) is 17.0 Å². The van der Waals surface area contributed by atoms with Gasteiger partial charge in [0.1, 0.15) is 11.5 Å². The number of hydrogen-bond donors (Lipinski definition) is 1. The van der Waals surface area contributed by atoms with Gasteiger partial charge in [-0.3, -0.25) is 4.98 Å². The van der Waals surface area contributed by atoms with Gasteiger partial charge in [-0.25, -0.2) is 0 Å². The molecule has 1 aliphatic rings. The summed E-state index contributed by atoms with van der Waals surface area (Å²) in [5, 5.41) is 4.23. The maximum absolute atomic E-state index is 6.11. The summed E-state index contributed by atoms with van der Waals surface area (Å²) in [6, 6.07) is 24.4. The van der Waals surface area contributed by atoms with E-state index in [0.29, 0.717) is 5.11 Å². The first-order chi connectivity index (χ1) is 16.4. The van der Waals surface area contributed by atoms with Gasteiger partial charge in [-0.2, -0.15) is 0 Å². The van der Waals surface area contributed by atoms with Gasteiger partial charge in [0.25, 0.3) is 0 Å². The highest BCUT2D eigenvalue weighted by Gasteiger charge is 2.42. The number of anilines is 1. The number of benzene rings is 2. The second-order valence-corrected chi connectivity index (χ2v) is 9.13. The maximum Gasteiger partial charge on any atom is 0.174 e. The molecule has 5 nitrogen and oxygen atoms in total. The molecule has 0 saturated carbocycles. The van der Waals surface area contributed by atoms with Crippen LogP contribution < -0.4 is 15.0 Å². The number of rotatable bonds is 5. The Morgan fingerprint density at radius 1 is 0.941 bits per heavy atom. The molecule has 2 aromatic heterocycles. The molecular formula is C28H28N4OS. The topological polar surface area (TPSA) is 42.3 Å². The first-order valence-electron chi connectivity index (χ1n) is 11.4. The predicted molar refractivity (Wildman–Crippen MR) is 141 cm³/mol. The van der Waals surface area contributed by atoms with Crippen LogP contribution in [0.2, 0.25) is 0 Å². The third-order valence-corrected chi connectivity index (χ3v) is 6.98. The van der Waals surface area contributed by atoms with Crippen LogP contribution in [0.1, 0.15) is 40.3 Å². The zero-order chi connectivity index (χ0) is 23.8. The van der Waals surface area contributed by atoms with Gasteiger partial charge in [0.15, 0.2) is 5.11 Å². The lowest BCUT2D eigenvalue weighted by atomic mass is 9.96. The van der Waals surface area contributed by atoms with E-state index in [1.807, 2.05) is 61.7 Å². The molecule has 0 aliphatic carbocycles. The lowest BCUT2D eigenvalue weighted by Gasteiger charge is -2.28. The van der Waals surface area contributed by atoms with E-state index in [1.165, 1.54) is 17.0 Å². The van der Waals surface area contributed by atoms with Crippen LogP contribution in [0.5, 0.6) is 11.5 Å². The minimum Gasteiger partial charge on any atom is -0.457 e. The fourth-order valence-corrected chi connectivity index (χ4v) is 4.95. The summed E-state index contributed by atoms with van der Waals surface area (Å²) < 4.78 is 8.34. The Hall–Kier alpha value is -3.64. The lowest BCUT2D eigenvalue weighted by Crippen LogP contribution is -2.29. The Kier molecular flexibility index (Phi) is 5.84. The van der Waals surface area contributed by atoms with Crippen molar-refractivity contribution in [2.24, 2.45) is 7.05 Å². The van der Waals surface area contributed by atoms with E-state index in [9.17, 15) is 0 Å². The maximum atomic E-state index is 6.11. The van der Waals surface area contributed by atoms with Crippen molar-refractivity contribution in [1.29, 1.82) is 0 Å².